The standard InChI is InChI=1S/C13H17ClN2OS/c1-18-10-4-3-9(7-10)16-13(17)11-5-2-8(15)6-12(11)14/h2,5-6,9-10H,3-4,7,15H2,1H3,(H,16,17). The van der Waals surface area contributed by atoms with Crippen LogP contribution in [0.2, 0.25) is 5.02 Å². The van der Waals surface area contributed by atoms with Crippen LogP contribution < -0.4 is 11.1 Å². The highest BCUT2D eigenvalue weighted by Gasteiger charge is 2.25. The first-order valence-electron chi connectivity index (χ1n) is 5.99. The SMILES string of the molecule is CSC1CCC(NC(=O)c2ccc(N)cc2Cl)C1. The van der Waals surface area contributed by atoms with E-state index in [1.54, 1.807) is 18.2 Å². The molecule has 0 bridgehead atoms. The van der Waals surface area contributed by atoms with Crippen molar-refractivity contribution in [3.05, 3.63) is 28.8 Å². The summed E-state index contributed by atoms with van der Waals surface area (Å²) in [5, 5.41) is 4.12. The Labute approximate surface area is 116 Å². The van der Waals surface area contributed by atoms with E-state index in [2.05, 4.69) is 11.6 Å². The number of anilines is 1. The van der Waals surface area contributed by atoms with Crippen LogP contribution in [0.1, 0.15) is 29.6 Å². The molecule has 0 aliphatic heterocycles. The monoisotopic (exact) mass is 284 g/mol. The Kier molecular flexibility index (Phi) is 4.40. The van der Waals surface area contributed by atoms with E-state index in [0.717, 1.165) is 12.8 Å². The van der Waals surface area contributed by atoms with Gasteiger partial charge in [-0.2, -0.15) is 11.8 Å². The van der Waals surface area contributed by atoms with Crippen LogP contribution in [0.25, 0.3) is 0 Å². The number of hydrogen-bond donors (Lipinski definition) is 2. The Morgan fingerprint density at radius 1 is 1.50 bits per heavy atom. The van der Waals surface area contributed by atoms with Gasteiger partial charge in [0.15, 0.2) is 0 Å². The maximum Gasteiger partial charge on any atom is 0.253 e. The van der Waals surface area contributed by atoms with E-state index in [9.17, 15) is 4.79 Å². The average molecular weight is 285 g/mol. The van der Waals surface area contributed by atoms with Gasteiger partial charge in [-0.05, 0) is 43.7 Å². The molecule has 98 valence electrons. The summed E-state index contributed by atoms with van der Waals surface area (Å²) in [5.41, 5.74) is 6.68. The normalized spacial score (nSPS) is 23.0. The van der Waals surface area contributed by atoms with Gasteiger partial charge in [-0.25, -0.2) is 0 Å². The van der Waals surface area contributed by atoms with Gasteiger partial charge in [0.25, 0.3) is 5.91 Å². The third-order valence-electron chi connectivity index (χ3n) is 3.29. The van der Waals surface area contributed by atoms with Crippen LogP contribution in [0.4, 0.5) is 5.69 Å². The van der Waals surface area contributed by atoms with E-state index in [1.807, 2.05) is 11.8 Å². The molecule has 1 saturated carbocycles. The largest absolute Gasteiger partial charge is 0.399 e. The minimum absolute atomic E-state index is 0.105. The number of thioether (sulfide) groups is 1. The van der Waals surface area contributed by atoms with E-state index in [0.29, 0.717) is 21.5 Å². The van der Waals surface area contributed by atoms with Gasteiger partial charge in [0, 0.05) is 17.0 Å². The molecule has 0 radical (unpaired) electrons. The molecule has 2 rings (SSSR count). The summed E-state index contributed by atoms with van der Waals surface area (Å²) < 4.78 is 0. The second kappa shape index (κ2) is 5.85. The summed E-state index contributed by atoms with van der Waals surface area (Å²) in [4.78, 5) is 12.1. The lowest BCUT2D eigenvalue weighted by atomic mass is 10.1. The second-order valence-corrected chi connectivity index (χ2v) is 6.13. The molecule has 2 atom stereocenters. The Hall–Kier alpha value is -0.870. The Balaban J connectivity index is 2.00. The third-order valence-corrected chi connectivity index (χ3v) is 4.70. The fraction of sp³-hybridized carbons (Fsp3) is 0.462. The number of halogens is 1. The fourth-order valence-electron chi connectivity index (χ4n) is 2.26. The van der Waals surface area contributed by atoms with Crippen LogP contribution in [-0.2, 0) is 0 Å². The zero-order valence-corrected chi connectivity index (χ0v) is 11.9. The van der Waals surface area contributed by atoms with Gasteiger partial charge in [-0.1, -0.05) is 11.6 Å². The molecule has 1 aromatic carbocycles. The molecule has 18 heavy (non-hydrogen) atoms. The lowest BCUT2D eigenvalue weighted by Gasteiger charge is -2.13. The van der Waals surface area contributed by atoms with Crippen molar-refractivity contribution in [1.82, 2.24) is 5.32 Å². The highest BCUT2D eigenvalue weighted by molar-refractivity contribution is 7.99. The number of nitrogens with two attached hydrogens (primary N) is 1. The predicted molar refractivity (Wildman–Crippen MR) is 78.3 cm³/mol. The van der Waals surface area contributed by atoms with Crippen molar-refractivity contribution in [3.8, 4) is 0 Å². The molecule has 5 heteroatoms. The van der Waals surface area contributed by atoms with Crippen molar-refractivity contribution in [2.24, 2.45) is 0 Å². The topological polar surface area (TPSA) is 55.1 Å². The van der Waals surface area contributed by atoms with Crippen LogP contribution in [0, 0.1) is 0 Å². The lowest BCUT2D eigenvalue weighted by Crippen LogP contribution is -2.33. The lowest BCUT2D eigenvalue weighted by molar-refractivity contribution is 0.0938. The molecule has 3 N–H and O–H groups in total. The molecule has 0 aromatic heterocycles. The van der Waals surface area contributed by atoms with Gasteiger partial charge >= 0.3 is 0 Å². The Bertz CT molecular complexity index is 453. The molecular formula is C13H17ClN2OS. The van der Waals surface area contributed by atoms with Crippen molar-refractivity contribution >= 4 is 35.0 Å². The minimum Gasteiger partial charge on any atom is -0.399 e. The first-order chi connectivity index (χ1) is 8.60. The molecule has 1 aromatic rings. The number of nitrogen functional groups attached to an aromatic ring is 1. The van der Waals surface area contributed by atoms with Gasteiger partial charge < -0.3 is 11.1 Å². The summed E-state index contributed by atoms with van der Waals surface area (Å²) in [6.07, 6.45) is 5.37. The predicted octanol–water partition coefficient (Wildman–Crippen LogP) is 2.94. The summed E-state index contributed by atoms with van der Waals surface area (Å²) >= 11 is 7.89. The molecule has 0 saturated heterocycles. The summed E-state index contributed by atoms with van der Waals surface area (Å²) in [7, 11) is 0. The number of hydrogen-bond acceptors (Lipinski definition) is 3. The van der Waals surface area contributed by atoms with Crippen LogP contribution in [-0.4, -0.2) is 23.5 Å². The highest BCUT2D eigenvalue weighted by Crippen LogP contribution is 2.28. The first-order valence-corrected chi connectivity index (χ1v) is 7.65. The summed E-state index contributed by atoms with van der Waals surface area (Å²) in [6, 6.07) is 5.24. The molecular weight excluding hydrogens is 268 g/mol. The van der Waals surface area contributed by atoms with Gasteiger partial charge in [-0.15, -0.1) is 0 Å². The fourth-order valence-corrected chi connectivity index (χ4v) is 3.34. The smallest absolute Gasteiger partial charge is 0.253 e. The van der Waals surface area contributed by atoms with Gasteiger partial charge in [-0.3, -0.25) is 4.79 Å². The third kappa shape index (κ3) is 3.12. The minimum atomic E-state index is -0.105. The zero-order chi connectivity index (χ0) is 13.1. The molecule has 1 fully saturated rings. The van der Waals surface area contributed by atoms with Crippen molar-refractivity contribution in [3.63, 3.8) is 0 Å². The molecule has 3 nitrogen and oxygen atoms in total. The molecule has 1 aliphatic carbocycles. The number of nitrogens with one attached hydrogen (secondary N) is 1. The number of carbonyl (C=O) groups excluding carboxylic acids is 1. The number of carbonyl (C=O) groups is 1. The second-order valence-electron chi connectivity index (χ2n) is 4.58. The first kappa shape index (κ1) is 13.6. The number of rotatable bonds is 3. The Morgan fingerprint density at radius 3 is 2.89 bits per heavy atom. The maximum atomic E-state index is 12.1. The van der Waals surface area contributed by atoms with E-state index in [1.165, 1.54) is 6.42 Å². The molecule has 2 unspecified atom stereocenters. The van der Waals surface area contributed by atoms with Gasteiger partial charge in [0.2, 0.25) is 0 Å². The maximum absolute atomic E-state index is 12.1. The van der Waals surface area contributed by atoms with E-state index in [4.69, 9.17) is 17.3 Å². The van der Waals surface area contributed by atoms with Crippen LogP contribution >= 0.6 is 23.4 Å². The quantitative estimate of drug-likeness (QED) is 0.839. The molecule has 0 heterocycles. The number of amides is 1. The average Bonchev–Trinajstić information content (AvgIpc) is 2.76. The highest BCUT2D eigenvalue weighted by atomic mass is 35.5. The van der Waals surface area contributed by atoms with Crippen molar-refractivity contribution in [2.45, 2.75) is 30.6 Å². The number of benzene rings is 1. The van der Waals surface area contributed by atoms with E-state index >= 15 is 0 Å². The Morgan fingerprint density at radius 2 is 2.28 bits per heavy atom. The molecule has 1 aliphatic rings. The summed E-state index contributed by atoms with van der Waals surface area (Å²) in [5.74, 6) is -0.105. The van der Waals surface area contributed by atoms with Gasteiger partial charge in [0.05, 0.1) is 10.6 Å². The van der Waals surface area contributed by atoms with Crippen molar-refractivity contribution < 1.29 is 4.79 Å². The summed E-state index contributed by atoms with van der Waals surface area (Å²) in [6.45, 7) is 0. The van der Waals surface area contributed by atoms with E-state index < -0.39 is 0 Å². The van der Waals surface area contributed by atoms with E-state index in [-0.39, 0.29) is 11.9 Å². The molecule has 1 amide bonds. The van der Waals surface area contributed by atoms with Crippen LogP contribution in [0.15, 0.2) is 18.2 Å². The van der Waals surface area contributed by atoms with Crippen LogP contribution in [0.3, 0.4) is 0 Å². The van der Waals surface area contributed by atoms with Crippen molar-refractivity contribution in [2.75, 3.05) is 12.0 Å². The molecule has 0 spiro atoms. The van der Waals surface area contributed by atoms with Gasteiger partial charge in [0.1, 0.15) is 0 Å². The van der Waals surface area contributed by atoms with Crippen molar-refractivity contribution in [1.29, 1.82) is 0 Å². The van der Waals surface area contributed by atoms with Crippen LogP contribution in [0.5, 0.6) is 0 Å². The zero-order valence-electron chi connectivity index (χ0n) is 10.3.